The number of unbranched alkanes of at least 4 members (excludes halogenated alkanes) is 13. The molecule has 0 bridgehead atoms. The van der Waals surface area contributed by atoms with Crippen molar-refractivity contribution in [3.8, 4) is 0 Å². The van der Waals surface area contributed by atoms with Crippen molar-refractivity contribution < 1.29 is 4.79 Å². The molecule has 0 saturated carbocycles. The molecule has 1 aliphatic rings. The lowest BCUT2D eigenvalue weighted by atomic mass is 10.0. The summed E-state index contributed by atoms with van der Waals surface area (Å²) in [6, 6.07) is 0. The van der Waals surface area contributed by atoms with Crippen LogP contribution in [0.3, 0.4) is 0 Å². The van der Waals surface area contributed by atoms with Crippen LogP contribution in [0.2, 0.25) is 0 Å². The number of nitrogens with zero attached hydrogens (tertiary/aromatic N) is 1. The minimum Gasteiger partial charge on any atom is -0.300 e. The van der Waals surface area contributed by atoms with Gasteiger partial charge in [-0.2, -0.15) is 0 Å². The maximum absolute atomic E-state index is 10.8. The normalized spacial score (nSPS) is 13.5. The molecule has 0 atom stereocenters. The molecule has 0 amide bonds. The molecule has 3 N–H and O–H groups in total. The Bertz CT molecular complexity index is 344. The number of Topliss-reactive ketones (excluding diaryl/α,β-unsaturated/α-hetero) is 1. The molecule has 1 aliphatic heterocycles. The van der Waals surface area contributed by atoms with Gasteiger partial charge in [0.1, 0.15) is 11.6 Å². The third-order valence-electron chi connectivity index (χ3n) is 4.65. The molecule has 0 aliphatic carbocycles. The number of amidine groups is 1. The van der Waals surface area contributed by atoms with Gasteiger partial charge in [0.2, 0.25) is 0 Å². The predicted octanol–water partition coefficient (Wildman–Crippen LogP) is 4.74. The highest BCUT2D eigenvalue weighted by atomic mass is 16.1. The van der Waals surface area contributed by atoms with Crippen LogP contribution in [-0.2, 0) is 4.79 Å². The highest BCUT2D eigenvalue weighted by Gasteiger charge is 2.02. The van der Waals surface area contributed by atoms with E-state index in [1.807, 2.05) is 0 Å². The topological polar surface area (TPSA) is 65.5 Å². The molecule has 0 unspecified atom stereocenters. The fraction of sp³-hybridized carbons (Fsp3) is 0.895. The molecule has 5 nitrogen and oxygen atoms in total. The van der Waals surface area contributed by atoms with E-state index in [0.717, 1.165) is 25.1 Å². The fourth-order valence-corrected chi connectivity index (χ4v) is 3.13. The number of hydrazine groups is 2. The highest BCUT2D eigenvalue weighted by Crippen LogP contribution is 2.13. The summed E-state index contributed by atoms with van der Waals surface area (Å²) in [5.41, 5.74) is 8.44. The van der Waals surface area contributed by atoms with Crippen molar-refractivity contribution in [2.24, 2.45) is 5.10 Å². The number of rotatable bonds is 17. The molecule has 140 valence electrons. The smallest absolute Gasteiger partial charge is 0.139 e. The molecule has 1 rings (SSSR count). The Morgan fingerprint density at radius 2 is 1.21 bits per heavy atom. The minimum absolute atomic E-state index is 0.338. The van der Waals surface area contributed by atoms with Gasteiger partial charge in [-0.1, -0.05) is 77.0 Å². The lowest BCUT2D eigenvalue weighted by Crippen LogP contribution is -2.34. The molecule has 0 aromatic rings. The molecule has 0 aromatic carbocycles. The number of nitrogens with one attached hydrogen (secondary N) is 3. The summed E-state index contributed by atoms with van der Waals surface area (Å²) in [6.07, 6.45) is 20.4. The van der Waals surface area contributed by atoms with Crippen molar-refractivity contribution >= 4 is 11.6 Å². The van der Waals surface area contributed by atoms with E-state index in [1.165, 1.54) is 83.5 Å². The monoisotopic (exact) mass is 338 g/mol. The maximum atomic E-state index is 10.8. The fourth-order valence-electron chi connectivity index (χ4n) is 3.13. The van der Waals surface area contributed by atoms with Crippen LogP contribution < -0.4 is 16.5 Å². The first kappa shape index (κ1) is 20.9. The standard InChI is InChI=1S/C19H38N4O/c1-18(24)16-14-12-10-8-6-4-2-3-5-7-9-11-13-15-17-19-20-22-23-21-19/h22-23H,2-17H2,1H3,(H,20,21). The van der Waals surface area contributed by atoms with E-state index in [4.69, 9.17) is 0 Å². The summed E-state index contributed by atoms with van der Waals surface area (Å²) in [5, 5.41) is 4.08. The Balaban J connectivity index is 1.66. The summed E-state index contributed by atoms with van der Waals surface area (Å²) in [6.45, 7) is 1.69. The van der Waals surface area contributed by atoms with E-state index in [2.05, 4.69) is 21.6 Å². The Labute approximate surface area is 148 Å². The minimum atomic E-state index is 0.338. The van der Waals surface area contributed by atoms with E-state index in [1.54, 1.807) is 6.92 Å². The number of ketones is 1. The summed E-state index contributed by atoms with van der Waals surface area (Å²) in [5.74, 6) is 1.36. The zero-order valence-corrected chi connectivity index (χ0v) is 15.7. The van der Waals surface area contributed by atoms with Crippen LogP contribution in [0.5, 0.6) is 0 Å². The average molecular weight is 339 g/mol. The Morgan fingerprint density at radius 3 is 1.62 bits per heavy atom. The molecule has 0 radical (unpaired) electrons. The van der Waals surface area contributed by atoms with Gasteiger partial charge in [-0.15, -0.1) is 10.6 Å². The second kappa shape index (κ2) is 15.4. The first-order chi connectivity index (χ1) is 11.8. The highest BCUT2D eigenvalue weighted by molar-refractivity contribution is 5.82. The lowest BCUT2D eigenvalue weighted by Gasteiger charge is -2.03. The van der Waals surface area contributed by atoms with Crippen molar-refractivity contribution in [3.63, 3.8) is 0 Å². The number of hydrogen-bond donors (Lipinski definition) is 3. The molecular formula is C19H38N4O. The summed E-state index contributed by atoms with van der Waals surface area (Å²) in [7, 11) is 0. The van der Waals surface area contributed by atoms with Crippen LogP contribution in [-0.4, -0.2) is 11.6 Å². The van der Waals surface area contributed by atoms with E-state index >= 15 is 0 Å². The molecule has 1 heterocycles. The molecule has 0 spiro atoms. The Morgan fingerprint density at radius 1 is 0.750 bits per heavy atom. The quantitative estimate of drug-likeness (QED) is 0.335. The van der Waals surface area contributed by atoms with Crippen LogP contribution in [0.15, 0.2) is 5.10 Å². The maximum Gasteiger partial charge on any atom is 0.139 e. The average Bonchev–Trinajstić information content (AvgIpc) is 3.07. The Hall–Kier alpha value is -1.10. The summed E-state index contributed by atoms with van der Waals surface area (Å²) < 4.78 is 0. The number of carbonyl (C=O) groups is 1. The second-order valence-electron chi connectivity index (χ2n) is 7.07. The van der Waals surface area contributed by atoms with Gasteiger partial charge >= 0.3 is 0 Å². The molecule has 0 aromatic heterocycles. The first-order valence-corrected chi connectivity index (χ1v) is 10.1. The predicted molar refractivity (Wildman–Crippen MR) is 101 cm³/mol. The molecule has 0 saturated heterocycles. The van der Waals surface area contributed by atoms with Crippen molar-refractivity contribution in [2.75, 3.05) is 0 Å². The van der Waals surface area contributed by atoms with E-state index < -0.39 is 0 Å². The number of carbonyl (C=O) groups excluding carboxylic acids is 1. The SMILES string of the molecule is CC(=O)CCCCCCCCCCCCCCCCC1=NNNN1. The van der Waals surface area contributed by atoms with Crippen LogP contribution >= 0.6 is 0 Å². The zero-order chi connectivity index (χ0) is 17.3. The molecule has 0 fully saturated rings. The van der Waals surface area contributed by atoms with Crippen LogP contribution in [0.1, 0.15) is 110 Å². The first-order valence-electron chi connectivity index (χ1n) is 10.1. The van der Waals surface area contributed by atoms with E-state index in [0.29, 0.717) is 5.78 Å². The van der Waals surface area contributed by atoms with Crippen molar-refractivity contribution in [3.05, 3.63) is 0 Å². The van der Waals surface area contributed by atoms with Gasteiger partial charge in [-0.25, -0.2) is 5.53 Å². The third kappa shape index (κ3) is 13.3. The van der Waals surface area contributed by atoms with Gasteiger partial charge in [-0.3, -0.25) is 5.43 Å². The van der Waals surface area contributed by atoms with Gasteiger partial charge in [-0.05, 0) is 19.8 Å². The Kier molecular flexibility index (Phi) is 13.5. The van der Waals surface area contributed by atoms with E-state index in [-0.39, 0.29) is 0 Å². The largest absolute Gasteiger partial charge is 0.300 e. The van der Waals surface area contributed by atoms with Gasteiger partial charge in [0.25, 0.3) is 0 Å². The molecule has 24 heavy (non-hydrogen) atoms. The van der Waals surface area contributed by atoms with Crippen molar-refractivity contribution in [1.82, 2.24) is 16.5 Å². The van der Waals surface area contributed by atoms with E-state index in [9.17, 15) is 4.79 Å². The molecule has 5 heteroatoms. The van der Waals surface area contributed by atoms with Crippen LogP contribution in [0.4, 0.5) is 0 Å². The summed E-state index contributed by atoms with van der Waals surface area (Å²) >= 11 is 0. The van der Waals surface area contributed by atoms with Gasteiger partial charge in [0.05, 0.1) is 0 Å². The number of hydrazone groups is 1. The summed E-state index contributed by atoms with van der Waals surface area (Å²) in [4.78, 5) is 10.8. The van der Waals surface area contributed by atoms with Crippen LogP contribution in [0, 0.1) is 0 Å². The van der Waals surface area contributed by atoms with Gasteiger partial charge < -0.3 is 4.79 Å². The second-order valence-corrected chi connectivity index (χ2v) is 7.07. The van der Waals surface area contributed by atoms with Gasteiger partial charge in [0.15, 0.2) is 0 Å². The lowest BCUT2D eigenvalue weighted by molar-refractivity contribution is -0.117. The molecular weight excluding hydrogens is 300 g/mol. The van der Waals surface area contributed by atoms with Crippen LogP contribution in [0.25, 0.3) is 0 Å². The van der Waals surface area contributed by atoms with Crippen molar-refractivity contribution in [1.29, 1.82) is 0 Å². The van der Waals surface area contributed by atoms with Crippen molar-refractivity contribution in [2.45, 2.75) is 110 Å². The zero-order valence-electron chi connectivity index (χ0n) is 15.7. The van der Waals surface area contributed by atoms with Gasteiger partial charge in [0, 0.05) is 12.8 Å². The third-order valence-corrected chi connectivity index (χ3v) is 4.65. The number of hydrogen-bond acceptors (Lipinski definition) is 5.